The largest absolute Gasteiger partial charge is 0.450 e. The maximum Gasteiger partial charge on any atom is 0.378 e. The highest BCUT2D eigenvalue weighted by molar-refractivity contribution is 7.91. The summed E-state index contributed by atoms with van der Waals surface area (Å²) in [6, 6.07) is 1.42. The number of ether oxygens (including phenoxy) is 1. The molecule has 1 saturated carbocycles. The molecule has 3 heterocycles. The Balaban J connectivity index is 1.42. The van der Waals surface area contributed by atoms with Crippen molar-refractivity contribution in [3.05, 3.63) is 23.8 Å². The quantitative estimate of drug-likeness (QED) is 0.638. The van der Waals surface area contributed by atoms with E-state index in [1.165, 1.54) is 4.52 Å². The van der Waals surface area contributed by atoms with Crippen molar-refractivity contribution in [2.24, 2.45) is 0 Å². The van der Waals surface area contributed by atoms with Crippen LogP contribution >= 0.6 is 0 Å². The molecule has 0 radical (unpaired) electrons. The molecule has 10 nitrogen and oxygen atoms in total. The number of sulfone groups is 1. The first-order chi connectivity index (χ1) is 12.8. The number of carbonyl (C=O) groups excluding carboxylic acids is 2. The number of esters is 1. The van der Waals surface area contributed by atoms with E-state index in [9.17, 15) is 18.0 Å². The van der Waals surface area contributed by atoms with E-state index in [-0.39, 0.29) is 41.1 Å². The highest BCUT2D eigenvalue weighted by Gasteiger charge is 2.42. The summed E-state index contributed by atoms with van der Waals surface area (Å²) in [6.45, 7) is 1.33. The third-order valence-electron chi connectivity index (χ3n) is 4.77. The molecule has 4 rings (SSSR count). The maximum absolute atomic E-state index is 12.6. The minimum atomic E-state index is -3.10. The van der Waals surface area contributed by atoms with Crippen molar-refractivity contribution in [3.63, 3.8) is 0 Å². The standard InChI is InChI=1S/C16H19N5O5S/c1-10-4-6-17-16-18-14(19-21(10)16)15(23)26-8-13(22)20(11-2-3-11)12-5-7-27(24,25)9-12/h4,6,11-12H,2-3,5,7-9H2,1H3. The van der Waals surface area contributed by atoms with Gasteiger partial charge in [-0.1, -0.05) is 0 Å². The van der Waals surface area contributed by atoms with Crippen molar-refractivity contribution in [3.8, 4) is 0 Å². The number of hydrogen-bond acceptors (Lipinski definition) is 8. The van der Waals surface area contributed by atoms with Crippen LogP contribution in [0, 0.1) is 6.92 Å². The number of aryl methyl sites for hydroxylation is 1. The molecule has 1 saturated heterocycles. The highest BCUT2D eigenvalue weighted by Crippen LogP contribution is 2.32. The molecule has 2 aromatic heterocycles. The molecular formula is C16H19N5O5S. The van der Waals surface area contributed by atoms with E-state index in [0.717, 1.165) is 18.5 Å². The van der Waals surface area contributed by atoms with Crippen molar-refractivity contribution in [1.29, 1.82) is 0 Å². The minimum Gasteiger partial charge on any atom is -0.450 e. The minimum absolute atomic E-state index is 0.0257. The Morgan fingerprint density at radius 2 is 2.07 bits per heavy atom. The molecule has 1 amide bonds. The second-order valence-electron chi connectivity index (χ2n) is 6.90. The van der Waals surface area contributed by atoms with Crippen molar-refractivity contribution in [2.75, 3.05) is 18.1 Å². The van der Waals surface area contributed by atoms with Crippen LogP contribution in [0.5, 0.6) is 0 Å². The molecule has 1 unspecified atom stereocenters. The SMILES string of the molecule is Cc1ccnc2nc(C(=O)OCC(=O)N(C3CC3)C3CCS(=O)(=O)C3)nn12. The molecule has 2 aromatic rings. The molecule has 11 heteroatoms. The molecule has 144 valence electrons. The second-order valence-corrected chi connectivity index (χ2v) is 9.13. The van der Waals surface area contributed by atoms with Crippen LogP contribution in [0.15, 0.2) is 12.3 Å². The summed E-state index contributed by atoms with van der Waals surface area (Å²) < 4.78 is 30.0. The summed E-state index contributed by atoms with van der Waals surface area (Å²) in [5.74, 6) is -1.04. The zero-order valence-corrected chi connectivity index (χ0v) is 15.6. The molecule has 2 aliphatic rings. The molecule has 0 aromatic carbocycles. The van der Waals surface area contributed by atoms with Gasteiger partial charge in [-0.25, -0.2) is 22.7 Å². The van der Waals surface area contributed by atoms with Crippen LogP contribution in [0.25, 0.3) is 5.78 Å². The Morgan fingerprint density at radius 3 is 2.70 bits per heavy atom. The predicted molar refractivity (Wildman–Crippen MR) is 92.7 cm³/mol. The molecule has 0 bridgehead atoms. The molecule has 2 fully saturated rings. The third-order valence-corrected chi connectivity index (χ3v) is 6.52. The lowest BCUT2D eigenvalue weighted by Crippen LogP contribution is -2.44. The van der Waals surface area contributed by atoms with Crippen LogP contribution in [0.3, 0.4) is 0 Å². The zero-order chi connectivity index (χ0) is 19.2. The smallest absolute Gasteiger partial charge is 0.378 e. The Morgan fingerprint density at radius 1 is 1.30 bits per heavy atom. The van der Waals surface area contributed by atoms with Gasteiger partial charge in [-0.15, -0.1) is 5.10 Å². The molecular weight excluding hydrogens is 374 g/mol. The highest BCUT2D eigenvalue weighted by atomic mass is 32.2. The normalized spacial score (nSPS) is 21.3. The summed E-state index contributed by atoms with van der Waals surface area (Å²) >= 11 is 0. The Kier molecular flexibility index (Phi) is 4.33. The molecule has 1 aliphatic heterocycles. The third kappa shape index (κ3) is 3.64. The van der Waals surface area contributed by atoms with Gasteiger partial charge < -0.3 is 9.64 Å². The van der Waals surface area contributed by atoms with Crippen molar-refractivity contribution >= 4 is 27.5 Å². The number of rotatable bonds is 5. The Hall–Kier alpha value is -2.56. The van der Waals surface area contributed by atoms with Gasteiger partial charge in [-0.2, -0.15) is 4.98 Å². The fourth-order valence-corrected chi connectivity index (χ4v) is 5.02. The zero-order valence-electron chi connectivity index (χ0n) is 14.7. The van der Waals surface area contributed by atoms with E-state index in [4.69, 9.17) is 4.74 Å². The van der Waals surface area contributed by atoms with Crippen molar-refractivity contribution in [1.82, 2.24) is 24.5 Å². The van der Waals surface area contributed by atoms with Gasteiger partial charge in [-0.3, -0.25) is 4.79 Å². The van der Waals surface area contributed by atoms with Crippen molar-refractivity contribution < 1.29 is 22.7 Å². The van der Waals surface area contributed by atoms with Gasteiger partial charge in [0, 0.05) is 24.0 Å². The van der Waals surface area contributed by atoms with Gasteiger partial charge in [0.1, 0.15) is 0 Å². The molecule has 27 heavy (non-hydrogen) atoms. The van der Waals surface area contributed by atoms with Crippen LogP contribution in [-0.4, -0.2) is 75.0 Å². The van der Waals surface area contributed by atoms with Crippen LogP contribution < -0.4 is 0 Å². The van der Waals surface area contributed by atoms with E-state index in [0.29, 0.717) is 6.42 Å². The van der Waals surface area contributed by atoms with Crippen LogP contribution in [-0.2, 0) is 19.4 Å². The average molecular weight is 393 g/mol. The fourth-order valence-electron chi connectivity index (χ4n) is 3.31. The van der Waals surface area contributed by atoms with E-state index in [2.05, 4.69) is 15.1 Å². The lowest BCUT2D eigenvalue weighted by molar-refractivity contribution is -0.137. The summed E-state index contributed by atoms with van der Waals surface area (Å²) in [5.41, 5.74) is 0.755. The Bertz CT molecular complexity index is 1010. The topological polar surface area (TPSA) is 124 Å². The van der Waals surface area contributed by atoms with Gasteiger partial charge in [-0.05, 0) is 32.3 Å². The monoisotopic (exact) mass is 393 g/mol. The first-order valence-corrected chi connectivity index (χ1v) is 10.5. The van der Waals surface area contributed by atoms with E-state index >= 15 is 0 Å². The van der Waals surface area contributed by atoms with Gasteiger partial charge >= 0.3 is 5.97 Å². The maximum atomic E-state index is 12.6. The Labute approximate surface area is 155 Å². The van der Waals surface area contributed by atoms with Gasteiger partial charge in [0.05, 0.1) is 11.5 Å². The predicted octanol–water partition coefficient (Wildman–Crippen LogP) is -0.232. The summed E-state index contributed by atoms with van der Waals surface area (Å²) in [4.78, 5) is 34.4. The molecule has 0 spiro atoms. The summed E-state index contributed by atoms with van der Waals surface area (Å²) in [6.07, 6.45) is 3.67. The average Bonchev–Trinajstić information content (AvgIpc) is 3.23. The lowest BCUT2D eigenvalue weighted by atomic mass is 10.2. The van der Waals surface area contributed by atoms with Crippen molar-refractivity contribution in [2.45, 2.75) is 38.3 Å². The van der Waals surface area contributed by atoms with E-state index in [1.54, 1.807) is 24.1 Å². The lowest BCUT2D eigenvalue weighted by Gasteiger charge is -2.28. The van der Waals surface area contributed by atoms with Crippen LogP contribution in [0.4, 0.5) is 0 Å². The van der Waals surface area contributed by atoms with Gasteiger partial charge in [0.2, 0.25) is 0 Å². The first kappa shape index (κ1) is 17.8. The summed E-state index contributed by atoms with van der Waals surface area (Å²) in [5, 5.41) is 4.04. The number of hydrogen-bond donors (Lipinski definition) is 0. The van der Waals surface area contributed by atoms with E-state index < -0.39 is 22.4 Å². The first-order valence-electron chi connectivity index (χ1n) is 8.71. The second kappa shape index (κ2) is 6.55. The fraction of sp³-hybridized carbons (Fsp3) is 0.562. The van der Waals surface area contributed by atoms with Crippen LogP contribution in [0.1, 0.15) is 35.6 Å². The van der Waals surface area contributed by atoms with Gasteiger partial charge in [0.25, 0.3) is 17.5 Å². The number of fused-ring (bicyclic) bond motifs is 1. The molecule has 0 N–H and O–H groups in total. The number of carbonyl (C=O) groups is 2. The number of aromatic nitrogens is 4. The molecule has 1 atom stereocenters. The van der Waals surface area contributed by atoms with E-state index in [1.807, 2.05) is 0 Å². The molecule has 1 aliphatic carbocycles. The van der Waals surface area contributed by atoms with Crippen LogP contribution in [0.2, 0.25) is 0 Å². The number of nitrogens with zero attached hydrogens (tertiary/aromatic N) is 5. The summed E-state index contributed by atoms with van der Waals surface area (Å²) in [7, 11) is -3.10. The van der Waals surface area contributed by atoms with Gasteiger partial charge in [0.15, 0.2) is 16.4 Å². The number of amides is 1.